The van der Waals surface area contributed by atoms with Crippen LogP contribution in [0.25, 0.3) is 0 Å². The summed E-state index contributed by atoms with van der Waals surface area (Å²) in [5, 5.41) is 11.4. The summed E-state index contributed by atoms with van der Waals surface area (Å²) in [5.74, 6) is -2.64. The molecule has 5 nitrogen and oxygen atoms in total. The molecule has 1 atom stereocenters. The van der Waals surface area contributed by atoms with Crippen LogP contribution in [-0.4, -0.2) is 22.0 Å². The standard InChI is InChI=1S/C15H12ClFN2O3/c16-10-2-1-3-11(17)14(10)15(22)19-12(8-13(20)21)9-4-6-18-7-5-9/h1-7,12H,8H2,(H,19,22)(H,20,21). The van der Waals surface area contributed by atoms with Crippen molar-refractivity contribution < 1.29 is 19.1 Å². The Morgan fingerprint density at radius 1 is 1.27 bits per heavy atom. The number of nitrogens with one attached hydrogen (secondary N) is 1. The van der Waals surface area contributed by atoms with Gasteiger partial charge in [0.15, 0.2) is 0 Å². The topological polar surface area (TPSA) is 79.3 Å². The summed E-state index contributed by atoms with van der Waals surface area (Å²) in [6.07, 6.45) is 2.61. The number of hydrogen-bond acceptors (Lipinski definition) is 3. The first-order valence-electron chi connectivity index (χ1n) is 6.35. The fourth-order valence-electron chi connectivity index (χ4n) is 1.97. The van der Waals surface area contributed by atoms with Crippen LogP contribution in [0.4, 0.5) is 4.39 Å². The van der Waals surface area contributed by atoms with E-state index in [-0.39, 0.29) is 17.0 Å². The van der Waals surface area contributed by atoms with Crippen molar-refractivity contribution in [2.24, 2.45) is 0 Å². The number of carboxylic acid groups (broad SMARTS) is 1. The zero-order valence-corrected chi connectivity index (χ0v) is 12.0. The lowest BCUT2D eigenvalue weighted by Gasteiger charge is -2.18. The second-order valence-electron chi connectivity index (χ2n) is 4.50. The molecule has 1 aromatic carbocycles. The Morgan fingerprint density at radius 3 is 2.55 bits per heavy atom. The molecule has 0 bridgehead atoms. The molecule has 22 heavy (non-hydrogen) atoms. The minimum Gasteiger partial charge on any atom is -0.481 e. The van der Waals surface area contributed by atoms with Gasteiger partial charge in [-0.1, -0.05) is 17.7 Å². The van der Waals surface area contributed by atoms with Gasteiger partial charge in [0.1, 0.15) is 5.82 Å². The summed E-state index contributed by atoms with van der Waals surface area (Å²) in [6.45, 7) is 0. The number of carbonyl (C=O) groups excluding carboxylic acids is 1. The molecular weight excluding hydrogens is 311 g/mol. The summed E-state index contributed by atoms with van der Waals surface area (Å²) >= 11 is 5.83. The molecule has 1 unspecified atom stereocenters. The van der Waals surface area contributed by atoms with Crippen molar-refractivity contribution in [2.75, 3.05) is 0 Å². The predicted octanol–water partition coefficient (Wildman–Crippen LogP) is 2.82. The van der Waals surface area contributed by atoms with E-state index in [1.54, 1.807) is 12.1 Å². The summed E-state index contributed by atoms with van der Waals surface area (Å²) in [7, 11) is 0. The molecule has 2 N–H and O–H groups in total. The Labute approximate surface area is 130 Å². The van der Waals surface area contributed by atoms with Crippen LogP contribution >= 0.6 is 11.6 Å². The summed E-state index contributed by atoms with van der Waals surface area (Å²) in [6, 6.07) is 6.22. The second kappa shape index (κ2) is 7.00. The van der Waals surface area contributed by atoms with Crippen LogP contribution in [0.2, 0.25) is 5.02 Å². The van der Waals surface area contributed by atoms with Crippen LogP contribution in [0, 0.1) is 5.82 Å². The summed E-state index contributed by atoms with van der Waals surface area (Å²) < 4.78 is 13.7. The number of halogens is 2. The highest BCUT2D eigenvalue weighted by Gasteiger charge is 2.22. The number of carbonyl (C=O) groups is 2. The van der Waals surface area contributed by atoms with Crippen molar-refractivity contribution in [3.8, 4) is 0 Å². The van der Waals surface area contributed by atoms with Gasteiger partial charge < -0.3 is 10.4 Å². The Kier molecular flexibility index (Phi) is 5.06. The van der Waals surface area contributed by atoms with E-state index < -0.39 is 23.7 Å². The highest BCUT2D eigenvalue weighted by Crippen LogP contribution is 2.22. The van der Waals surface area contributed by atoms with E-state index in [0.717, 1.165) is 6.07 Å². The molecule has 0 radical (unpaired) electrons. The lowest BCUT2D eigenvalue weighted by molar-refractivity contribution is -0.137. The van der Waals surface area contributed by atoms with Gasteiger partial charge in [0.05, 0.1) is 23.0 Å². The second-order valence-corrected chi connectivity index (χ2v) is 4.91. The Balaban J connectivity index is 2.27. The number of pyridine rings is 1. The Bertz CT molecular complexity index is 674. The van der Waals surface area contributed by atoms with Crippen molar-refractivity contribution in [2.45, 2.75) is 12.5 Å². The van der Waals surface area contributed by atoms with Gasteiger partial charge in [0.25, 0.3) is 5.91 Å². The monoisotopic (exact) mass is 322 g/mol. The number of aliphatic carboxylic acids is 1. The van der Waals surface area contributed by atoms with E-state index in [1.807, 2.05) is 0 Å². The Morgan fingerprint density at radius 2 is 1.95 bits per heavy atom. The van der Waals surface area contributed by atoms with Crippen LogP contribution in [0.15, 0.2) is 42.7 Å². The minimum absolute atomic E-state index is 0.0405. The summed E-state index contributed by atoms with van der Waals surface area (Å²) in [5.41, 5.74) is 0.242. The van der Waals surface area contributed by atoms with Crippen molar-refractivity contribution in [3.63, 3.8) is 0 Å². The first-order chi connectivity index (χ1) is 10.5. The van der Waals surface area contributed by atoms with E-state index >= 15 is 0 Å². The minimum atomic E-state index is -1.10. The fraction of sp³-hybridized carbons (Fsp3) is 0.133. The van der Waals surface area contributed by atoms with Gasteiger partial charge in [-0.2, -0.15) is 0 Å². The third-order valence-electron chi connectivity index (χ3n) is 2.98. The number of amides is 1. The van der Waals surface area contributed by atoms with Crippen molar-refractivity contribution in [1.82, 2.24) is 10.3 Å². The maximum atomic E-state index is 13.7. The average Bonchev–Trinajstić information content (AvgIpc) is 2.47. The first-order valence-corrected chi connectivity index (χ1v) is 6.73. The van der Waals surface area contributed by atoms with Gasteiger partial charge in [-0.15, -0.1) is 0 Å². The maximum absolute atomic E-state index is 13.7. The lowest BCUT2D eigenvalue weighted by Crippen LogP contribution is -2.31. The smallest absolute Gasteiger partial charge is 0.305 e. The molecule has 1 heterocycles. The highest BCUT2D eigenvalue weighted by molar-refractivity contribution is 6.33. The third-order valence-corrected chi connectivity index (χ3v) is 3.30. The van der Waals surface area contributed by atoms with Crippen molar-refractivity contribution in [3.05, 3.63) is 64.7 Å². The molecule has 0 saturated carbocycles. The maximum Gasteiger partial charge on any atom is 0.305 e. The first kappa shape index (κ1) is 15.9. The molecule has 0 saturated heterocycles. The molecule has 2 rings (SSSR count). The van der Waals surface area contributed by atoms with E-state index in [0.29, 0.717) is 5.56 Å². The molecule has 0 aliphatic carbocycles. The molecule has 114 valence electrons. The SMILES string of the molecule is O=C(O)CC(NC(=O)c1c(F)cccc1Cl)c1ccncc1. The van der Waals surface area contributed by atoms with Crippen LogP contribution < -0.4 is 5.32 Å². The molecule has 0 fully saturated rings. The normalized spacial score (nSPS) is 11.7. The molecular formula is C15H12ClFN2O3. The van der Waals surface area contributed by atoms with E-state index in [1.165, 1.54) is 24.5 Å². The van der Waals surface area contributed by atoms with E-state index in [9.17, 15) is 14.0 Å². The van der Waals surface area contributed by atoms with Gasteiger partial charge in [-0.05, 0) is 29.8 Å². The van der Waals surface area contributed by atoms with Crippen molar-refractivity contribution in [1.29, 1.82) is 0 Å². The molecule has 1 aromatic heterocycles. The number of aromatic nitrogens is 1. The number of carboxylic acids is 1. The summed E-state index contributed by atoms with van der Waals surface area (Å²) in [4.78, 5) is 27.0. The van der Waals surface area contributed by atoms with Crippen LogP contribution in [0.1, 0.15) is 28.4 Å². The molecule has 2 aromatic rings. The van der Waals surface area contributed by atoms with Crippen LogP contribution in [-0.2, 0) is 4.79 Å². The third kappa shape index (κ3) is 3.79. The lowest BCUT2D eigenvalue weighted by atomic mass is 10.0. The van der Waals surface area contributed by atoms with Crippen LogP contribution in [0.5, 0.6) is 0 Å². The van der Waals surface area contributed by atoms with Crippen molar-refractivity contribution >= 4 is 23.5 Å². The van der Waals surface area contributed by atoms with Gasteiger partial charge in [0.2, 0.25) is 0 Å². The number of hydrogen-bond donors (Lipinski definition) is 2. The molecule has 0 aliphatic heterocycles. The number of benzene rings is 1. The highest BCUT2D eigenvalue weighted by atomic mass is 35.5. The van der Waals surface area contributed by atoms with Gasteiger partial charge >= 0.3 is 5.97 Å². The fourth-order valence-corrected chi connectivity index (χ4v) is 2.22. The van der Waals surface area contributed by atoms with E-state index in [4.69, 9.17) is 16.7 Å². The Hall–Kier alpha value is -2.47. The molecule has 1 amide bonds. The average molecular weight is 323 g/mol. The molecule has 0 aliphatic rings. The van der Waals surface area contributed by atoms with E-state index in [2.05, 4.69) is 10.3 Å². The predicted molar refractivity (Wildman–Crippen MR) is 78.1 cm³/mol. The molecule has 7 heteroatoms. The largest absolute Gasteiger partial charge is 0.481 e. The van der Waals surface area contributed by atoms with Gasteiger partial charge in [-0.25, -0.2) is 4.39 Å². The van der Waals surface area contributed by atoms with Gasteiger partial charge in [0, 0.05) is 12.4 Å². The molecule has 0 spiro atoms. The van der Waals surface area contributed by atoms with Crippen LogP contribution in [0.3, 0.4) is 0 Å². The van der Waals surface area contributed by atoms with Gasteiger partial charge in [-0.3, -0.25) is 14.6 Å². The number of nitrogens with zero attached hydrogens (tertiary/aromatic N) is 1. The zero-order chi connectivity index (χ0) is 16.1. The quantitative estimate of drug-likeness (QED) is 0.887. The number of rotatable bonds is 5. The zero-order valence-electron chi connectivity index (χ0n) is 11.3.